The number of aromatic carboxylic acids is 1. The standard InChI is InChI=1S/C15H18ClNO4/c1-15(5-3-4-6-15)14(20)17-11-8-12(21-2)9(13(18)19)7-10(11)16/h7-8H,3-6H2,1-2H3,(H,17,20)(H,18,19). The first-order valence-corrected chi connectivity index (χ1v) is 7.17. The van der Waals surface area contributed by atoms with Crippen LogP contribution in [0.1, 0.15) is 43.0 Å². The number of carbonyl (C=O) groups is 2. The summed E-state index contributed by atoms with van der Waals surface area (Å²) in [4.78, 5) is 23.5. The van der Waals surface area contributed by atoms with E-state index < -0.39 is 5.97 Å². The zero-order valence-corrected chi connectivity index (χ0v) is 12.8. The minimum Gasteiger partial charge on any atom is -0.496 e. The van der Waals surface area contributed by atoms with Crippen molar-refractivity contribution in [1.29, 1.82) is 0 Å². The van der Waals surface area contributed by atoms with Crippen LogP contribution in [0.4, 0.5) is 5.69 Å². The van der Waals surface area contributed by atoms with Gasteiger partial charge in [-0.2, -0.15) is 0 Å². The average molecular weight is 312 g/mol. The zero-order chi connectivity index (χ0) is 15.6. The number of hydrogen-bond acceptors (Lipinski definition) is 3. The van der Waals surface area contributed by atoms with Crippen LogP contribution in [-0.4, -0.2) is 24.1 Å². The van der Waals surface area contributed by atoms with E-state index in [1.54, 1.807) is 0 Å². The summed E-state index contributed by atoms with van der Waals surface area (Å²) in [6.45, 7) is 1.94. The van der Waals surface area contributed by atoms with Crippen LogP contribution in [0.15, 0.2) is 12.1 Å². The Kier molecular flexibility index (Phi) is 4.42. The van der Waals surface area contributed by atoms with Gasteiger partial charge in [-0.3, -0.25) is 4.79 Å². The largest absolute Gasteiger partial charge is 0.496 e. The summed E-state index contributed by atoms with van der Waals surface area (Å²) in [5.74, 6) is -1.06. The second-order valence-electron chi connectivity index (χ2n) is 5.56. The Hall–Kier alpha value is -1.75. The topological polar surface area (TPSA) is 75.6 Å². The van der Waals surface area contributed by atoms with Gasteiger partial charge in [-0.05, 0) is 18.9 Å². The van der Waals surface area contributed by atoms with E-state index in [-0.39, 0.29) is 27.7 Å². The molecule has 2 rings (SSSR count). The second-order valence-corrected chi connectivity index (χ2v) is 5.97. The molecule has 1 amide bonds. The summed E-state index contributed by atoms with van der Waals surface area (Å²) in [7, 11) is 1.37. The Morgan fingerprint density at radius 3 is 2.48 bits per heavy atom. The minimum atomic E-state index is -1.13. The Morgan fingerprint density at radius 2 is 1.95 bits per heavy atom. The van der Waals surface area contributed by atoms with Gasteiger partial charge in [0.25, 0.3) is 0 Å². The lowest BCUT2D eigenvalue weighted by molar-refractivity contribution is -0.124. The molecular weight excluding hydrogens is 294 g/mol. The van der Waals surface area contributed by atoms with Crippen molar-refractivity contribution in [1.82, 2.24) is 0 Å². The van der Waals surface area contributed by atoms with E-state index >= 15 is 0 Å². The SMILES string of the molecule is COc1cc(NC(=O)C2(C)CCCC2)c(Cl)cc1C(=O)O. The summed E-state index contributed by atoms with van der Waals surface area (Å²) in [6, 6.07) is 2.73. The first-order chi connectivity index (χ1) is 9.87. The molecule has 114 valence electrons. The molecule has 0 aliphatic heterocycles. The summed E-state index contributed by atoms with van der Waals surface area (Å²) in [5.41, 5.74) is -0.0496. The molecule has 0 heterocycles. The number of anilines is 1. The lowest BCUT2D eigenvalue weighted by atomic mass is 9.88. The van der Waals surface area contributed by atoms with Gasteiger partial charge in [-0.1, -0.05) is 31.4 Å². The van der Waals surface area contributed by atoms with Crippen molar-refractivity contribution in [2.24, 2.45) is 5.41 Å². The second kappa shape index (κ2) is 5.93. The number of hydrogen-bond donors (Lipinski definition) is 2. The number of halogens is 1. The smallest absolute Gasteiger partial charge is 0.339 e. The molecule has 1 saturated carbocycles. The number of ether oxygens (including phenoxy) is 1. The van der Waals surface area contributed by atoms with Crippen molar-refractivity contribution in [3.05, 3.63) is 22.7 Å². The molecular formula is C15H18ClNO4. The van der Waals surface area contributed by atoms with Crippen LogP contribution in [-0.2, 0) is 4.79 Å². The molecule has 1 fully saturated rings. The number of carboxylic acid groups (broad SMARTS) is 1. The maximum Gasteiger partial charge on any atom is 0.339 e. The van der Waals surface area contributed by atoms with Crippen molar-refractivity contribution in [2.75, 3.05) is 12.4 Å². The Balaban J connectivity index is 2.28. The maximum absolute atomic E-state index is 12.4. The van der Waals surface area contributed by atoms with Gasteiger partial charge in [-0.15, -0.1) is 0 Å². The molecule has 0 saturated heterocycles. The summed E-state index contributed by atoms with van der Waals surface area (Å²) in [5, 5.41) is 12.1. The number of benzene rings is 1. The van der Waals surface area contributed by atoms with E-state index in [0.29, 0.717) is 5.69 Å². The molecule has 0 atom stereocenters. The molecule has 6 heteroatoms. The van der Waals surface area contributed by atoms with Gasteiger partial charge in [0.1, 0.15) is 11.3 Å². The number of carbonyl (C=O) groups excluding carboxylic acids is 1. The molecule has 1 aliphatic rings. The average Bonchev–Trinajstić information content (AvgIpc) is 2.88. The van der Waals surface area contributed by atoms with E-state index in [1.165, 1.54) is 19.2 Å². The highest BCUT2D eigenvalue weighted by atomic mass is 35.5. The first kappa shape index (κ1) is 15.6. The summed E-state index contributed by atoms with van der Waals surface area (Å²) >= 11 is 6.06. The quantitative estimate of drug-likeness (QED) is 0.891. The molecule has 2 N–H and O–H groups in total. The Morgan fingerprint density at radius 1 is 1.33 bits per heavy atom. The highest BCUT2D eigenvalue weighted by Crippen LogP contribution is 2.39. The fraction of sp³-hybridized carbons (Fsp3) is 0.467. The van der Waals surface area contributed by atoms with E-state index in [0.717, 1.165) is 25.7 Å². The van der Waals surface area contributed by atoms with Crippen LogP contribution in [0.25, 0.3) is 0 Å². The van der Waals surface area contributed by atoms with Gasteiger partial charge in [0.05, 0.1) is 17.8 Å². The fourth-order valence-electron chi connectivity index (χ4n) is 2.64. The van der Waals surface area contributed by atoms with Crippen LogP contribution < -0.4 is 10.1 Å². The van der Waals surface area contributed by atoms with E-state index in [2.05, 4.69) is 5.32 Å². The normalized spacial score (nSPS) is 16.5. The number of rotatable bonds is 4. The molecule has 1 aromatic carbocycles. The molecule has 0 bridgehead atoms. The van der Waals surface area contributed by atoms with Crippen LogP contribution >= 0.6 is 11.6 Å². The minimum absolute atomic E-state index is 0.0347. The van der Waals surface area contributed by atoms with Gasteiger partial charge in [-0.25, -0.2) is 4.79 Å². The Labute approximate surface area is 128 Å². The van der Waals surface area contributed by atoms with E-state index in [9.17, 15) is 9.59 Å². The van der Waals surface area contributed by atoms with Gasteiger partial charge in [0.15, 0.2) is 0 Å². The molecule has 0 radical (unpaired) electrons. The molecule has 21 heavy (non-hydrogen) atoms. The third-order valence-electron chi connectivity index (χ3n) is 4.02. The molecule has 0 aromatic heterocycles. The molecule has 5 nitrogen and oxygen atoms in total. The first-order valence-electron chi connectivity index (χ1n) is 6.80. The highest BCUT2D eigenvalue weighted by Gasteiger charge is 2.36. The van der Waals surface area contributed by atoms with Gasteiger partial charge >= 0.3 is 5.97 Å². The molecule has 1 aliphatic carbocycles. The Bertz CT molecular complexity index is 579. The van der Waals surface area contributed by atoms with Gasteiger partial charge < -0.3 is 15.2 Å². The number of methoxy groups -OCH3 is 1. The van der Waals surface area contributed by atoms with Crippen molar-refractivity contribution in [2.45, 2.75) is 32.6 Å². The molecule has 1 aromatic rings. The predicted octanol–water partition coefficient (Wildman–Crippen LogP) is 3.57. The molecule has 0 unspecified atom stereocenters. The maximum atomic E-state index is 12.4. The van der Waals surface area contributed by atoms with Crippen molar-refractivity contribution in [3.63, 3.8) is 0 Å². The number of amides is 1. The van der Waals surface area contributed by atoms with Gasteiger partial charge in [0.2, 0.25) is 5.91 Å². The van der Waals surface area contributed by atoms with E-state index in [4.69, 9.17) is 21.4 Å². The van der Waals surface area contributed by atoms with Crippen molar-refractivity contribution >= 4 is 29.2 Å². The third kappa shape index (κ3) is 3.13. The lowest BCUT2D eigenvalue weighted by Gasteiger charge is -2.23. The van der Waals surface area contributed by atoms with Crippen LogP contribution in [0.3, 0.4) is 0 Å². The number of carboxylic acids is 1. The van der Waals surface area contributed by atoms with Crippen LogP contribution in [0.5, 0.6) is 5.75 Å². The summed E-state index contributed by atoms with van der Waals surface area (Å²) in [6.07, 6.45) is 3.78. The van der Waals surface area contributed by atoms with E-state index in [1.807, 2.05) is 6.92 Å². The fourth-order valence-corrected chi connectivity index (χ4v) is 2.85. The van der Waals surface area contributed by atoms with Crippen LogP contribution in [0, 0.1) is 5.41 Å². The van der Waals surface area contributed by atoms with Crippen molar-refractivity contribution < 1.29 is 19.4 Å². The van der Waals surface area contributed by atoms with Crippen molar-refractivity contribution in [3.8, 4) is 5.75 Å². The lowest BCUT2D eigenvalue weighted by Crippen LogP contribution is -2.31. The van der Waals surface area contributed by atoms with Crippen LogP contribution in [0.2, 0.25) is 5.02 Å². The highest BCUT2D eigenvalue weighted by molar-refractivity contribution is 6.34. The predicted molar refractivity (Wildman–Crippen MR) is 80.2 cm³/mol. The zero-order valence-electron chi connectivity index (χ0n) is 12.0. The van der Waals surface area contributed by atoms with Gasteiger partial charge in [0, 0.05) is 11.5 Å². The molecule has 0 spiro atoms. The third-order valence-corrected chi connectivity index (χ3v) is 4.34. The summed E-state index contributed by atoms with van der Waals surface area (Å²) < 4.78 is 5.04. The monoisotopic (exact) mass is 311 g/mol. The number of nitrogens with one attached hydrogen (secondary N) is 1.